The summed E-state index contributed by atoms with van der Waals surface area (Å²) in [5, 5.41) is 0. The molecular formula is C13H22N4. The van der Waals surface area contributed by atoms with Gasteiger partial charge in [0.05, 0.1) is 0 Å². The first-order valence-corrected chi connectivity index (χ1v) is 6.27. The van der Waals surface area contributed by atoms with Gasteiger partial charge in [-0.2, -0.15) is 0 Å². The van der Waals surface area contributed by atoms with Crippen LogP contribution in [0.15, 0.2) is 18.3 Å². The molecule has 94 valence electrons. The zero-order chi connectivity index (χ0) is 12.3. The van der Waals surface area contributed by atoms with E-state index < -0.39 is 0 Å². The molecule has 1 heterocycles. The maximum atomic E-state index is 5.70. The van der Waals surface area contributed by atoms with Gasteiger partial charge in [-0.25, -0.2) is 0 Å². The summed E-state index contributed by atoms with van der Waals surface area (Å²) in [5.41, 5.74) is 5.61. The molecule has 2 unspecified atom stereocenters. The fourth-order valence-electron chi connectivity index (χ4n) is 2.63. The summed E-state index contributed by atoms with van der Waals surface area (Å²) in [5.74, 6) is 6.17. The molecule has 0 aliphatic heterocycles. The van der Waals surface area contributed by atoms with Gasteiger partial charge in [-0.05, 0) is 51.5 Å². The number of fused-ring (bicyclic) bond motifs is 1. The molecule has 1 aliphatic rings. The van der Waals surface area contributed by atoms with Gasteiger partial charge in [-0.15, -0.1) is 0 Å². The molecule has 0 aromatic carbocycles. The van der Waals surface area contributed by atoms with Crippen molar-refractivity contribution in [3.63, 3.8) is 0 Å². The fraction of sp³-hybridized carbons (Fsp3) is 0.615. The van der Waals surface area contributed by atoms with Crippen LogP contribution in [0.2, 0.25) is 0 Å². The van der Waals surface area contributed by atoms with Crippen LogP contribution in [0.4, 0.5) is 0 Å². The Morgan fingerprint density at radius 2 is 2.41 bits per heavy atom. The Morgan fingerprint density at radius 3 is 3.12 bits per heavy atom. The third-order valence-corrected chi connectivity index (χ3v) is 3.59. The largest absolute Gasteiger partial charge is 0.309 e. The Bertz CT molecular complexity index is 364. The molecule has 2 rings (SSSR count). The van der Waals surface area contributed by atoms with Crippen molar-refractivity contribution in [2.24, 2.45) is 5.84 Å². The quantitative estimate of drug-likeness (QED) is 0.587. The minimum atomic E-state index is 0.327. The summed E-state index contributed by atoms with van der Waals surface area (Å²) in [7, 11) is 4.18. The van der Waals surface area contributed by atoms with Gasteiger partial charge in [0.15, 0.2) is 0 Å². The van der Waals surface area contributed by atoms with Crippen molar-refractivity contribution in [1.82, 2.24) is 15.3 Å². The summed E-state index contributed by atoms with van der Waals surface area (Å²) in [4.78, 5) is 6.72. The highest BCUT2D eigenvalue weighted by Crippen LogP contribution is 2.34. The Morgan fingerprint density at radius 1 is 1.59 bits per heavy atom. The highest BCUT2D eigenvalue weighted by Gasteiger charge is 2.30. The smallest absolute Gasteiger partial charge is 0.0482 e. The molecule has 4 heteroatoms. The zero-order valence-corrected chi connectivity index (χ0v) is 10.7. The third-order valence-electron chi connectivity index (χ3n) is 3.59. The first kappa shape index (κ1) is 12.5. The second-order valence-corrected chi connectivity index (χ2v) is 5.06. The first-order valence-electron chi connectivity index (χ1n) is 6.27. The molecule has 17 heavy (non-hydrogen) atoms. The van der Waals surface area contributed by atoms with E-state index in [4.69, 9.17) is 5.84 Å². The summed E-state index contributed by atoms with van der Waals surface area (Å²) >= 11 is 0. The van der Waals surface area contributed by atoms with Gasteiger partial charge in [0.1, 0.15) is 0 Å². The second kappa shape index (κ2) is 5.58. The summed E-state index contributed by atoms with van der Waals surface area (Å²) in [6.07, 6.45) is 5.24. The molecule has 0 spiro atoms. The average Bonchev–Trinajstić information content (AvgIpc) is 2.74. The molecule has 0 radical (unpaired) electrons. The van der Waals surface area contributed by atoms with Crippen LogP contribution in [-0.4, -0.2) is 36.6 Å². The molecule has 2 atom stereocenters. The fourth-order valence-corrected chi connectivity index (χ4v) is 2.63. The van der Waals surface area contributed by atoms with Crippen molar-refractivity contribution in [2.75, 3.05) is 20.6 Å². The highest BCUT2D eigenvalue weighted by molar-refractivity contribution is 5.29. The van der Waals surface area contributed by atoms with Gasteiger partial charge in [0, 0.05) is 23.9 Å². The number of nitrogens with two attached hydrogens (primary N) is 1. The van der Waals surface area contributed by atoms with Crippen molar-refractivity contribution in [3.05, 3.63) is 29.6 Å². The number of rotatable bonds is 5. The van der Waals surface area contributed by atoms with Crippen molar-refractivity contribution in [3.8, 4) is 0 Å². The molecular weight excluding hydrogens is 212 g/mol. The Hall–Kier alpha value is -0.970. The number of aryl methyl sites for hydroxylation is 1. The van der Waals surface area contributed by atoms with Gasteiger partial charge in [0.25, 0.3) is 0 Å². The lowest BCUT2D eigenvalue weighted by Crippen LogP contribution is -2.41. The molecule has 0 saturated carbocycles. The lowest BCUT2D eigenvalue weighted by molar-refractivity contribution is 0.331. The molecule has 0 amide bonds. The van der Waals surface area contributed by atoms with Crippen LogP contribution in [0.25, 0.3) is 0 Å². The predicted octanol–water partition coefficient (Wildman–Crippen LogP) is 0.895. The van der Waals surface area contributed by atoms with Gasteiger partial charge >= 0.3 is 0 Å². The standard InChI is InChI=1S/C13H22N4/c1-17(2)9-7-12(16-14)11-6-5-10-4-3-8-15-13(10)11/h3-4,8,11-12,16H,5-7,9,14H2,1-2H3. The number of hydrogen-bond acceptors (Lipinski definition) is 4. The van der Waals surface area contributed by atoms with Crippen molar-refractivity contribution < 1.29 is 0 Å². The van der Waals surface area contributed by atoms with Crippen LogP contribution in [0, 0.1) is 0 Å². The van der Waals surface area contributed by atoms with Crippen LogP contribution >= 0.6 is 0 Å². The van der Waals surface area contributed by atoms with E-state index >= 15 is 0 Å². The summed E-state index contributed by atoms with van der Waals surface area (Å²) < 4.78 is 0. The van der Waals surface area contributed by atoms with E-state index in [1.54, 1.807) is 0 Å². The normalized spacial score (nSPS) is 20.6. The third kappa shape index (κ3) is 2.83. The predicted molar refractivity (Wildman–Crippen MR) is 69.6 cm³/mol. The van der Waals surface area contributed by atoms with E-state index in [9.17, 15) is 0 Å². The minimum Gasteiger partial charge on any atom is -0.309 e. The molecule has 1 aromatic rings. The Kier molecular flexibility index (Phi) is 4.10. The number of nitrogens with one attached hydrogen (secondary N) is 1. The van der Waals surface area contributed by atoms with Crippen LogP contribution in [0.3, 0.4) is 0 Å². The highest BCUT2D eigenvalue weighted by atomic mass is 15.2. The Balaban J connectivity index is 2.06. The van der Waals surface area contributed by atoms with Crippen molar-refractivity contribution in [1.29, 1.82) is 0 Å². The topological polar surface area (TPSA) is 54.2 Å². The molecule has 0 fully saturated rings. The Labute approximate surface area is 103 Å². The van der Waals surface area contributed by atoms with Gasteiger partial charge < -0.3 is 4.90 Å². The van der Waals surface area contributed by atoms with Crippen LogP contribution in [0.1, 0.15) is 30.0 Å². The average molecular weight is 234 g/mol. The van der Waals surface area contributed by atoms with Gasteiger partial charge in [-0.3, -0.25) is 16.3 Å². The number of hydrogen-bond donors (Lipinski definition) is 2. The number of pyridine rings is 1. The first-order chi connectivity index (χ1) is 8.22. The van der Waals surface area contributed by atoms with Gasteiger partial charge in [0.2, 0.25) is 0 Å². The van der Waals surface area contributed by atoms with E-state index in [0.29, 0.717) is 12.0 Å². The molecule has 4 nitrogen and oxygen atoms in total. The number of nitrogens with zero attached hydrogens (tertiary/aromatic N) is 2. The van der Waals surface area contributed by atoms with E-state index in [2.05, 4.69) is 35.5 Å². The van der Waals surface area contributed by atoms with Gasteiger partial charge in [-0.1, -0.05) is 6.07 Å². The maximum Gasteiger partial charge on any atom is 0.0482 e. The van der Waals surface area contributed by atoms with Crippen molar-refractivity contribution >= 4 is 0 Å². The maximum absolute atomic E-state index is 5.70. The molecule has 1 aromatic heterocycles. The summed E-state index contributed by atoms with van der Waals surface area (Å²) in [6, 6.07) is 4.53. The van der Waals surface area contributed by atoms with E-state index in [1.807, 2.05) is 12.3 Å². The minimum absolute atomic E-state index is 0.327. The monoisotopic (exact) mass is 234 g/mol. The number of aromatic nitrogens is 1. The lowest BCUT2D eigenvalue weighted by Gasteiger charge is -2.24. The van der Waals surface area contributed by atoms with E-state index in [-0.39, 0.29) is 0 Å². The molecule has 0 bridgehead atoms. The van der Waals surface area contributed by atoms with Crippen LogP contribution in [-0.2, 0) is 6.42 Å². The van der Waals surface area contributed by atoms with Crippen LogP contribution in [0.5, 0.6) is 0 Å². The summed E-state index contributed by atoms with van der Waals surface area (Å²) in [6.45, 7) is 1.05. The molecule has 1 aliphatic carbocycles. The lowest BCUT2D eigenvalue weighted by atomic mass is 9.94. The van der Waals surface area contributed by atoms with E-state index in [0.717, 1.165) is 25.8 Å². The van der Waals surface area contributed by atoms with Crippen LogP contribution < -0.4 is 11.3 Å². The van der Waals surface area contributed by atoms with Crippen molar-refractivity contribution in [2.45, 2.75) is 31.2 Å². The number of hydrazine groups is 1. The zero-order valence-electron chi connectivity index (χ0n) is 10.7. The van der Waals surface area contributed by atoms with E-state index in [1.165, 1.54) is 11.3 Å². The SMILES string of the molecule is CN(C)CCC(NN)C1CCc2cccnc21. The second-order valence-electron chi connectivity index (χ2n) is 5.06. The molecule has 3 N–H and O–H groups in total. The molecule has 0 saturated heterocycles.